The molecular formula is C44H56N4O4. The molecule has 0 unspecified atom stereocenters. The van der Waals surface area contributed by atoms with Crippen LogP contribution in [-0.2, 0) is 16.0 Å². The number of fused-ring (bicyclic) bond motifs is 5. The number of aromatic amines is 1. The lowest BCUT2D eigenvalue weighted by atomic mass is 9.95. The van der Waals surface area contributed by atoms with Gasteiger partial charge in [-0.2, -0.15) is 0 Å². The van der Waals surface area contributed by atoms with Crippen molar-refractivity contribution < 1.29 is 19.7 Å². The maximum atomic E-state index is 13.0. The van der Waals surface area contributed by atoms with E-state index in [9.17, 15) is 15.0 Å². The van der Waals surface area contributed by atoms with Crippen LogP contribution in [0.3, 0.4) is 0 Å². The summed E-state index contributed by atoms with van der Waals surface area (Å²) in [5.41, 5.74) is 13.1. The molecule has 8 heteroatoms. The summed E-state index contributed by atoms with van der Waals surface area (Å²) >= 11 is 0. The zero-order chi connectivity index (χ0) is 36.9. The maximum absolute atomic E-state index is 13.0. The Bertz CT molecular complexity index is 2050. The molecule has 8 bridgehead atoms. The summed E-state index contributed by atoms with van der Waals surface area (Å²) in [5, 5.41) is 23.7. The Morgan fingerprint density at radius 2 is 1.52 bits per heavy atom. The fourth-order valence-electron chi connectivity index (χ4n) is 8.08. The minimum absolute atomic E-state index is 0.127. The number of carbonyl (C=O) groups is 1. The molecule has 6 rings (SSSR count). The van der Waals surface area contributed by atoms with E-state index in [2.05, 4.69) is 31.8 Å². The summed E-state index contributed by atoms with van der Waals surface area (Å²) in [5.74, 6) is 0.0903. The highest BCUT2D eigenvalue weighted by atomic mass is 16.5. The summed E-state index contributed by atoms with van der Waals surface area (Å²) in [7, 11) is 0. The van der Waals surface area contributed by atoms with Crippen molar-refractivity contribution in [1.29, 1.82) is 0 Å². The van der Waals surface area contributed by atoms with Crippen LogP contribution in [0.1, 0.15) is 129 Å². The molecule has 0 saturated heterocycles. The number of aliphatic hydroxyl groups is 2. The molecule has 1 aromatic rings. The monoisotopic (exact) mass is 704 g/mol. The number of nitrogens with one attached hydrogen (secondary N) is 1. The third-order valence-corrected chi connectivity index (χ3v) is 11.3. The van der Waals surface area contributed by atoms with Crippen molar-refractivity contribution >= 4 is 35.3 Å². The Morgan fingerprint density at radius 3 is 2.21 bits per heavy atom. The molecule has 0 saturated carbocycles. The Balaban J connectivity index is 1.27. The van der Waals surface area contributed by atoms with Gasteiger partial charge in [0.05, 0.1) is 47.4 Å². The number of esters is 1. The van der Waals surface area contributed by atoms with E-state index >= 15 is 0 Å². The minimum Gasteiger partial charge on any atom is -0.511 e. The normalized spacial score (nSPS) is 18.0. The predicted molar refractivity (Wildman–Crippen MR) is 212 cm³/mol. The van der Waals surface area contributed by atoms with E-state index < -0.39 is 0 Å². The Morgan fingerprint density at radius 1 is 0.808 bits per heavy atom. The molecule has 5 heterocycles. The van der Waals surface area contributed by atoms with E-state index in [0.29, 0.717) is 25.2 Å². The molecule has 1 aromatic heterocycles. The number of nitrogens with zero attached hydrogens (tertiary/aromatic N) is 3. The number of aromatic nitrogens is 1. The average Bonchev–Trinajstić information content (AvgIpc) is 3.88. The molecule has 0 fully saturated rings. The number of aliphatic imine (C=N–C) groups is 3. The van der Waals surface area contributed by atoms with Crippen molar-refractivity contribution in [2.24, 2.45) is 15.0 Å². The molecule has 8 nitrogen and oxygen atoms in total. The predicted octanol–water partition coefficient (Wildman–Crippen LogP) is 8.32. The van der Waals surface area contributed by atoms with Gasteiger partial charge in [-0.15, -0.1) is 0 Å². The quantitative estimate of drug-likeness (QED) is 0.118. The Hall–Kier alpha value is -4.30. The van der Waals surface area contributed by atoms with Gasteiger partial charge < -0.3 is 19.9 Å². The first-order valence-electron chi connectivity index (χ1n) is 19.6. The second-order valence-electron chi connectivity index (χ2n) is 14.8. The van der Waals surface area contributed by atoms with Gasteiger partial charge in [0.2, 0.25) is 0 Å². The van der Waals surface area contributed by atoms with Crippen LogP contribution in [0.25, 0.3) is 12.2 Å². The Labute approximate surface area is 308 Å². The van der Waals surface area contributed by atoms with Crippen LogP contribution in [-0.4, -0.2) is 51.5 Å². The summed E-state index contributed by atoms with van der Waals surface area (Å²) in [4.78, 5) is 31.9. The number of hydrogen-bond acceptors (Lipinski definition) is 7. The molecule has 4 aliphatic heterocycles. The first-order chi connectivity index (χ1) is 25.2. The van der Waals surface area contributed by atoms with Crippen molar-refractivity contribution in [2.45, 2.75) is 131 Å². The summed E-state index contributed by atoms with van der Waals surface area (Å²) in [6.45, 7) is 12.9. The summed E-state index contributed by atoms with van der Waals surface area (Å²) in [6.07, 6.45) is 20.3. The van der Waals surface area contributed by atoms with Gasteiger partial charge in [-0.1, -0.05) is 71.6 Å². The van der Waals surface area contributed by atoms with Gasteiger partial charge >= 0.3 is 5.97 Å². The molecule has 3 N–H and O–H groups in total. The van der Waals surface area contributed by atoms with Gasteiger partial charge in [-0.3, -0.25) is 4.79 Å². The number of unbranched alkanes of at least 4 members (excludes halogenated alkanes) is 9. The minimum atomic E-state index is -0.203. The van der Waals surface area contributed by atoms with Crippen molar-refractivity contribution in [3.05, 3.63) is 89.8 Å². The largest absolute Gasteiger partial charge is 0.511 e. The Kier molecular flexibility index (Phi) is 11.9. The van der Waals surface area contributed by atoms with E-state index in [1.165, 1.54) is 56.9 Å². The third kappa shape index (κ3) is 7.59. The van der Waals surface area contributed by atoms with E-state index in [1.807, 2.05) is 32.9 Å². The molecule has 276 valence electrons. The van der Waals surface area contributed by atoms with Gasteiger partial charge in [0.15, 0.2) is 0 Å². The van der Waals surface area contributed by atoms with Crippen molar-refractivity contribution in [2.75, 3.05) is 13.2 Å². The highest BCUT2D eigenvalue weighted by Crippen LogP contribution is 2.44. The number of allylic oxidation sites excluding steroid dienone is 8. The van der Waals surface area contributed by atoms with E-state index in [-0.39, 0.29) is 19.0 Å². The lowest BCUT2D eigenvalue weighted by Crippen LogP contribution is -2.15. The van der Waals surface area contributed by atoms with E-state index in [1.54, 1.807) is 0 Å². The second kappa shape index (κ2) is 16.6. The maximum Gasteiger partial charge on any atom is 0.306 e. The van der Waals surface area contributed by atoms with E-state index in [0.717, 1.165) is 109 Å². The molecule has 0 aromatic carbocycles. The van der Waals surface area contributed by atoms with E-state index in [4.69, 9.17) is 19.7 Å². The van der Waals surface area contributed by atoms with Crippen LogP contribution in [0, 0.1) is 6.92 Å². The topological polar surface area (TPSA) is 120 Å². The first kappa shape index (κ1) is 37.5. The first-order valence-corrected chi connectivity index (χ1v) is 19.6. The standard InChI is InChI=1S/C44H56N4O4/c1-7-9-10-11-12-13-14-15-16-17-20-52-41(51)19-18-31-27(4)36-22-34-28(5)33(25-49)39(46-34)23-35-26(3)30(8-2)38(45-35)24-37-29(6)42-40(50)21-32(43(31)47-36)44(42)48-37/h22-24,45,49-50H,7-21,25H2,1-6H3. The van der Waals surface area contributed by atoms with Gasteiger partial charge in [-0.25, -0.2) is 15.0 Å². The number of carbonyl (C=O) groups excluding carboxylic acids is 1. The number of hydrogen-bond donors (Lipinski definition) is 3. The molecule has 1 aliphatic carbocycles. The van der Waals surface area contributed by atoms with Crippen LogP contribution >= 0.6 is 0 Å². The molecule has 0 amide bonds. The average molecular weight is 705 g/mol. The number of aliphatic hydroxyl groups excluding tert-OH is 2. The smallest absolute Gasteiger partial charge is 0.306 e. The van der Waals surface area contributed by atoms with Crippen LogP contribution < -0.4 is 10.7 Å². The van der Waals surface area contributed by atoms with Gasteiger partial charge in [0.25, 0.3) is 0 Å². The molecule has 0 atom stereocenters. The summed E-state index contributed by atoms with van der Waals surface area (Å²) in [6, 6.07) is 0. The fourth-order valence-corrected chi connectivity index (χ4v) is 8.08. The molecule has 52 heavy (non-hydrogen) atoms. The molecule has 5 aliphatic rings. The number of ether oxygens (including phenoxy) is 1. The second-order valence-corrected chi connectivity index (χ2v) is 14.8. The van der Waals surface area contributed by atoms with Crippen LogP contribution in [0.15, 0.2) is 82.9 Å². The van der Waals surface area contributed by atoms with Gasteiger partial charge in [0, 0.05) is 40.3 Å². The fraction of sp³-hybridized carbons (Fsp3) is 0.500. The zero-order valence-corrected chi connectivity index (χ0v) is 32.1. The molecule has 0 spiro atoms. The third-order valence-electron chi connectivity index (χ3n) is 11.3. The lowest BCUT2D eigenvalue weighted by molar-refractivity contribution is -0.143. The SMILES string of the molecule is CCCCCCCCCCCCOC(=O)CCC1=C(C)C2=NC1=C1CC(O)=C3C1=NC(=C3C)C=c1[nH]c(c(C)c1CC)=CC1=NC(=C2)C(C)=C1CO. The number of H-pyrrole nitrogens is 1. The lowest BCUT2D eigenvalue weighted by Gasteiger charge is -2.10. The highest BCUT2D eigenvalue weighted by Gasteiger charge is 2.37. The van der Waals surface area contributed by atoms with Gasteiger partial charge in [-0.05, 0) is 98.6 Å². The highest BCUT2D eigenvalue weighted by molar-refractivity contribution is 6.25. The van der Waals surface area contributed by atoms with Crippen LogP contribution in [0.2, 0.25) is 0 Å². The van der Waals surface area contributed by atoms with Gasteiger partial charge in [0.1, 0.15) is 5.76 Å². The van der Waals surface area contributed by atoms with Crippen molar-refractivity contribution in [1.82, 2.24) is 4.98 Å². The van der Waals surface area contributed by atoms with Crippen molar-refractivity contribution in [3.8, 4) is 0 Å². The van der Waals surface area contributed by atoms with Crippen LogP contribution in [0.5, 0.6) is 0 Å². The number of rotatable bonds is 16. The molecular weight excluding hydrogens is 649 g/mol. The molecule has 0 radical (unpaired) electrons. The summed E-state index contributed by atoms with van der Waals surface area (Å²) < 4.78 is 5.69. The van der Waals surface area contributed by atoms with Crippen LogP contribution in [0.4, 0.5) is 0 Å². The van der Waals surface area contributed by atoms with Crippen molar-refractivity contribution in [3.63, 3.8) is 0 Å². The zero-order valence-electron chi connectivity index (χ0n) is 32.1.